The van der Waals surface area contributed by atoms with Crippen LogP contribution in [0.3, 0.4) is 0 Å². The van der Waals surface area contributed by atoms with Gasteiger partial charge in [0, 0.05) is 32.2 Å². The summed E-state index contributed by atoms with van der Waals surface area (Å²) in [6, 6.07) is 6.81. The molecule has 0 aromatic heterocycles. The van der Waals surface area contributed by atoms with E-state index >= 15 is 0 Å². The van der Waals surface area contributed by atoms with Gasteiger partial charge in [-0.2, -0.15) is 0 Å². The Hall–Kier alpha value is -0.740. The molecular weight excluding hydrogens is 307 g/mol. The zero-order chi connectivity index (χ0) is 13.7. The van der Waals surface area contributed by atoms with Crippen LogP contribution in [-0.2, 0) is 0 Å². The molecule has 0 bridgehead atoms. The maximum Gasteiger partial charge on any atom is 0.119 e. The Bertz CT molecular complexity index is 434. The van der Waals surface area contributed by atoms with Crippen LogP contribution >= 0.6 is 24.8 Å². The predicted molar refractivity (Wildman–Crippen MR) is 94.2 cm³/mol. The lowest BCUT2D eigenvalue weighted by Crippen LogP contribution is -2.45. The molecule has 1 saturated heterocycles. The summed E-state index contributed by atoms with van der Waals surface area (Å²) in [5, 5.41) is 3.41. The molecule has 1 atom stereocenters. The highest BCUT2D eigenvalue weighted by molar-refractivity contribution is 5.85. The molecule has 0 radical (unpaired) electrons. The molecule has 1 aromatic rings. The molecule has 1 aromatic carbocycles. The second-order valence-electron chi connectivity index (χ2n) is 5.05. The van der Waals surface area contributed by atoms with Crippen LogP contribution < -0.4 is 10.1 Å². The maximum atomic E-state index is 5.29. The van der Waals surface area contributed by atoms with Crippen LogP contribution in [0, 0.1) is 6.92 Å². The molecule has 1 aliphatic heterocycles. The fourth-order valence-electron chi connectivity index (χ4n) is 2.77. The standard InChI is InChI=1S/C16H24N2O.2ClH/c1-4-5-16(18-10-8-17-9-11-18)15-7-6-14(19-3)12-13(15)2;;/h4,6-7,12,16-17H,1,5,8-11H2,2-3H3;2*1H/t16-;;/m1../s1. The minimum atomic E-state index is 0. The topological polar surface area (TPSA) is 24.5 Å². The van der Waals surface area contributed by atoms with E-state index in [4.69, 9.17) is 4.74 Å². The molecule has 0 spiro atoms. The van der Waals surface area contributed by atoms with Gasteiger partial charge in [-0.1, -0.05) is 12.1 Å². The molecule has 1 aliphatic rings. The Labute approximate surface area is 140 Å². The van der Waals surface area contributed by atoms with Gasteiger partial charge in [-0.05, 0) is 36.6 Å². The van der Waals surface area contributed by atoms with Crippen LogP contribution in [0.2, 0.25) is 0 Å². The summed E-state index contributed by atoms with van der Waals surface area (Å²) in [6.07, 6.45) is 3.02. The average Bonchev–Trinajstić information content (AvgIpc) is 2.46. The van der Waals surface area contributed by atoms with Crippen molar-refractivity contribution in [1.82, 2.24) is 10.2 Å². The SMILES string of the molecule is C=CC[C@H](c1ccc(OC)cc1C)N1CCNCC1.Cl.Cl. The number of nitrogens with zero attached hydrogens (tertiary/aromatic N) is 1. The molecule has 0 unspecified atom stereocenters. The molecular formula is C16H26Cl2N2O. The first-order valence-electron chi connectivity index (χ1n) is 6.96. The summed E-state index contributed by atoms with van der Waals surface area (Å²) >= 11 is 0. The van der Waals surface area contributed by atoms with Gasteiger partial charge in [0.05, 0.1) is 7.11 Å². The summed E-state index contributed by atoms with van der Waals surface area (Å²) in [5.41, 5.74) is 2.69. The number of halogens is 2. The molecule has 0 aliphatic carbocycles. The second kappa shape index (κ2) is 10.1. The molecule has 1 N–H and O–H groups in total. The number of aryl methyl sites for hydroxylation is 1. The molecule has 120 valence electrons. The van der Waals surface area contributed by atoms with Crippen molar-refractivity contribution in [3.63, 3.8) is 0 Å². The summed E-state index contributed by atoms with van der Waals surface area (Å²) in [5.74, 6) is 0.930. The Balaban J connectivity index is 0.00000200. The highest BCUT2D eigenvalue weighted by atomic mass is 35.5. The highest BCUT2D eigenvalue weighted by Gasteiger charge is 2.22. The monoisotopic (exact) mass is 332 g/mol. The van der Waals surface area contributed by atoms with Gasteiger partial charge in [0.1, 0.15) is 5.75 Å². The van der Waals surface area contributed by atoms with Crippen LogP contribution in [-0.4, -0.2) is 38.2 Å². The van der Waals surface area contributed by atoms with Crippen molar-refractivity contribution in [3.05, 3.63) is 42.0 Å². The number of benzene rings is 1. The van der Waals surface area contributed by atoms with Gasteiger partial charge in [-0.3, -0.25) is 4.90 Å². The van der Waals surface area contributed by atoms with Gasteiger partial charge >= 0.3 is 0 Å². The van der Waals surface area contributed by atoms with Crippen molar-refractivity contribution in [2.24, 2.45) is 0 Å². The Morgan fingerprint density at radius 1 is 1.33 bits per heavy atom. The number of piperazine rings is 1. The van der Waals surface area contributed by atoms with Gasteiger partial charge in [0.2, 0.25) is 0 Å². The lowest BCUT2D eigenvalue weighted by molar-refractivity contribution is 0.174. The van der Waals surface area contributed by atoms with Gasteiger partial charge in [-0.25, -0.2) is 0 Å². The molecule has 21 heavy (non-hydrogen) atoms. The van der Waals surface area contributed by atoms with E-state index in [0.717, 1.165) is 38.3 Å². The number of rotatable bonds is 5. The van der Waals surface area contributed by atoms with E-state index in [9.17, 15) is 0 Å². The van der Waals surface area contributed by atoms with Gasteiger partial charge in [0.15, 0.2) is 0 Å². The van der Waals surface area contributed by atoms with E-state index in [-0.39, 0.29) is 24.8 Å². The fraction of sp³-hybridized carbons (Fsp3) is 0.500. The van der Waals surface area contributed by atoms with Crippen molar-refractivity contribution in [2.45, 2.75) is 19.4 Å². The van der Waals surface area contributed by atoms with E-state index < -0.39 is 0 Å². The van der Waals surface area contributed by atoms with Crippen LogP contribution in [0.25, 0.3) is 0 Å². The third-order valence-electron chi connectivity index (χ3n) is 3.82. The van der Waals surface area contributed by atoms with Crippen LogP contribution in [0.1, 0.15) is 23.6 Å². The Kier molecular flexibility index (Phi) is 9.71. The number of hydrogen-bond donors (Lipinski definition) is 1. The normalized spacial score (nSPS) is 16.3. The maximum absolute atomic E-state index is 5.29. The largest absolute Gasteiger partial charge is 0.497 e. The number of hydrogen-bond acceptors (Lipinski definition) is 3. The smallest absolute Gasteiger partial charge is 0.119 e. The zero-order valence-electron chi connectivity index (χ0n) is 12.8. The molecule has 2 rings (SSSR count). The highest BCUT2D eigenvalue weighted by Crippen LogP contribution is 2.29. The molecule has 3 nitrogen and oxygen atoms in total. The first-order valence-corrected chi connectivity index (χ1v) is 6.96. The molecule has 5 heteroatoms. The van der Waals surface area contributed by atoms with Crippen molar-refractivity contribution in [3.8, 4) is 5.75 Å². The van der Waals surface area contributed by atoms with Gasteiger partial charge in [-0.15, -0.1) is 31.4 Å². The molecule has 0 saturated carbocycles. The quantitative estimate of drug-likeness (QED) is 0.836. The third kappa shape index (κ3) is 5.19. The number of methoxy groups -OCH3 is 1. The summed E-state index contributed by atoms with van der Waals surface area (Å²) < 4.78 is 5.29. The summed E-state index contributed by atoms with van der Waals surface area (Å²) in [4.78, 5) is 2.55. The Morgan fingerprint density at radius 3 is 2.52 bits per heavy atom. The van der Waals surface area contributed by atoms with Crippen LogP contribution in [0.5, 0.6) is 5.75 Å². The van der Waals surface area contributed by atoms with E-state index in [1.165, 1.54) is 11.1 Å². The minimum absolute atomic E-state index is 0. The van der Waals surface area contributed by atoms with Crippen molar-refractivity contribution < 1.29 is 4.74 Å². The fourth-order valence-corrected chi connectivity index (χ4v) is 2.77. The first kappa shape index (κ1) is 20.3. The van der Waals surface area contributed by atoms with Crippen molar-refractivity contribution in [1.29, 1.82) is 0 Å². The number of ether oxygens (including phenoxy) is 1. The van der Waals surface area contributed by atoms with Gasteiger partial charge < -0.3 is 10.1 Å². The Morgan fingerprint density at radius 2 is 2.00 bits per heavy atom. The zero-order valence-corrected chi connectivity index (χ0v) is 14.4. The lowest BCUT2D eigenvalue weighted by atomic mass is 9.96. The van der Waals surface area contributed by atoms with E-state index in [0.29, 0.717) is 6.04 Å². The second-order valence-corrected chi connectivity index (χ2v) is 5.05. The lowest BCUT2D eigenvalue weighted by Gasteiger charge is -2.35. The van der Waals surface area contributed by atoms with E-state index in [1.54, 1.807) is 7.11 Å². The molecule has 1 heterocycles. The van der Waals surface area contributed by atoms with Crippen LogP contribution in [0.15, 0.2) is 30.9 Å². The molecule has 1 fully saturated rings. The number of nitrogens with one attached hydrogen (secondary N) is 1. The predicted octanol–water partition coefficient (Wildman–Crippen LogP) is 3.37. The first-order chi connectivity index (χ1) is 9.26. The molecule has 0 amide bonds. The average molecular weight is 333 g/mol. The van der Waals surface area contributed by atoms with Gasteiger partial charge in [0.25, 0.3) is 0 Å². The van der Waals surface area contributed by atoms with E-state index in [1.807, 2.05) is 6.08 Å². The van der Waals surface area contributed by atoms with Crippen molar-refractivity contribution in [2.75, 3.05) is 33.3 Å². The third-order valence-corrected chi connectivity index (χ3v) is 3.82. The minimum Gasteiger partial charge on any atom is -0.497 e. The summed E-state index contributed by atoms with van der Waals surface area (Å²) in [7, 11) is 1.71. The summed E-state index contributed by atoms with van der Waals surface area (Å²) in [6.45, 7) is 10.4. The van der Waals surface area contributed by atoms with E-state index in [2.05, 4.69) is 41.9 Å². The van der Waals surface area contributed by atoms with Crippen LogP contribution in [0.4, 0.5) is 0 Å². The van der Waals surface area contributed by atoms with Crippen molar-refractivity contribution >= 4 is 24.8 Å².